The first-order chi connectivity index (χ1) is 11.1. The molecule has 0 bridgehead atoms. The molecule has 24 heavy (non-hydrogen) atoms. The summed E-state index contributed by atoms with van der Waals surface area (Å²) in [5, 5.41) is 20.2. The van der Waals surface area contributed by atoms with Crippen LogP contribution in [0.1, 0.15) is 56.9 Å². The first-order valence-electron chi connectivity index (χ1n) is 8.45. The Kier molecular flexibility index (Phi) is 3.84. The molecule has 3 rings (SSSR count). The molecule has 0 aliphatic heterocycles. The number of benzene rings is 2. The first kappa shape index (κ1) is 16.8. The molecule has 2 N–H and O–H groups in total. The number of phenolic OH excluding ortho intramolecular Hbond substituents is 1. The standard InChI is InChI=1S/C22H26O2/c1-14(16-7-9-17(23)10-8-16)12-15-6-11-18-19(13-15)22(4,5)20(24)21(18,2)3/h6-13,20,23-24H,1-5H3. The van der Waals surface area contributed by atoms with Crippen molar-refractivity contribution in [3.63, 3.8) is 0 Å². The van der Waals surface area contributed by atoms with Crippen molar-refractivity contribution in [1.82, 2.24) is 0 Å². The molecule has 0 fully saturated rings. The maximum absolute atomic E-state index is 10.7. The lowest BCUT2D eigenvalue weighted by Crippen LogP contribution is -2.39. The number of allylic oxidation sites excluding steroid dienone is 1. The largest absolute Gasteiger partial charge is 0.508 e. The SMILES string of the molecule is CC(=Cc1ccc2c(c1)C(C)(C)C(O)C2(C)C)c1ccc(O)cc1. The summed E-state index contributed by atoms with van der Waals surface area (Å²) in [6.07, 6.45) is 1.76. The Balaban J connectivity index is 2.03. The first-order valence-corrected chi connectivity index (χ1v) is 8.45. The highest BCUT2D eigenvalue weighted by molar-refractivity contribution is 5.80. The van der Waals surface area contributed by atoms with Crippen molar-refractivity contribution in [2.75, 3.05) is 0 Å². The number of phenols is 1. The van der Waals surface area contributed by atoms with Gasteiger partial charge < -0.3 is 10.2 Å². The third-order valence-corrected chi connectivity index (χ3v) is 5.50. The molecule has 1 atom stereocenters. The highest BCUT2D eigenvalue weighted by Gasteiger charge is 2.50. The number of hydrogen-bond acceptors (Lipinski definition) is 2. The summed E-state index contributed by atoms with van der Waals surface area (Å²) in [6.45, 7) is 10.5. The van der Waals surface area contributed by atoms with Crippen LogP contribution in [0.4, 0.5) is 0 Å². The van der Waals surface area contributed by atoms with E-state index in [1.54, 1.807) is 12.1 Å². The molecule has 1 aliphatic rings. The van der Waals surface area contributed by atoms with Gasteiger partial charge in [-0.05, 0) is 46.9 Å². The van der Waals surface area contributed by atoms with Gasteiger partial charge in [0.1, 0.15) is 5.75 Å². The van der Waals surface area contributed by atoms with Crippen molar-refractivity contribution in [2.24, 2.45) is 0 Å². The monoisotopic (exact) mass is 322 g/mol. The molecule has 2 heteroatoms. The van der Waals surface area contributed by atoms with Crippen LogP contribution in [0.3, 0.4) is 0 Å². The van der Waals surface area contributed by atoms with Crippen LogP contribution in [-0.4, -0.2) is 16.3 Å². The van der Waals surface area contributed by atoms with Crippen LogP contribution in [-0.2, 0) is 10.8 Å². The number of hydrogen-bond donors (Lipinski definition) is 2. The third kappa shape index (κ3) is 2.55. The van der Waals surface area contributed by atoms with E-state index in [0.717, 1.165) is 16.7 Å². The zero-order valence-corrected chi connectivity index (χ0v) is 15.1. The van der Waals surface area contributed by atoms with E-state index in [1.165, 1.54) is 11.1 Å². The zero-order valence-electron chi connectivity index (χ0n) is 15.1. The van der Waals surface area contributed by atoms with Gasteiger partial charge in [-0.25, -0.2) is 0 Å². The highest BCUT2D eigenvalue weighted by atomic mass is 16.3. The molecule has 1 unspecified atom stereocenters. The molecule has 0 spiro atoms. The molecular weight excluding hydrogens is 296 g/mol. The second-order valence-corrected chi connectivity index (χ2v) is 8.03. The van der Waals surface area contributed by atoms with Crippen LogP contribution >= 0.6 is 0 Å². The zero-order chi connectivity index (χ0) is 17.7. The maximum Gasteiger partial charge on any atom is 0.115 e. The lowest BCUT2D eigenvalue weighted by molar-refractivity contribution is 0.0566. The van der Waals surface area contributed by atoms with Gasteiger partial charge in [-0.15, -0.1) is 0 Å². The van der Waals surface area contributed by atoms with Crippen molar-refractivity contribution in [1.29, 1.82) is 0 Å². The van der Waals surface area contributed by atoms with Crippen molar-refractivity contribution >= 4 is 11.6 Å². The summed E-state index contributed by atoms with van der Waals surface area (Å²) in [5.74, 6) is 0.280. The molecule has 0 heterocycles. The van der Waals surface area contributed by atoms with Gasteiger partial charge in [0.15, 0.2) is 0 Å². The number of fused-ring (bicyclic) bond motifs is 1. The minimum absolute atomic E-state index is 0.229. The van der Waals surface area contributed by atoms with Crippen molar-refractivity contribution < 1.29 is 10.2 Å². The molecule has 0 radical (unpaired) electrons. The van der Waals surface area contributed by atoms with Gasteiger partial charge in [0.2, 0.25) is 0 Å². The predicted octanol–water partition coefficient (Wildman–Crippen LogP) is 4.88. The number of aromatic hydroxyl groups is 1. The van der Waals surface area contributed by atoms with Gasteiger partial charge in [0, 0.05) is 10.8 Å². The Hall–Kier alpha value is -2.06. The highest BCUT2D eigenvalue weighted by Crippen LogP contribution is 2.49. The molecule has 2 aromatic rings. The Labute approximate surface area is 144 Å². The van der Waals surface area contributed by atoms with E-state index in [-0.39, 0.29) is 16.6 Å². The van der Waals surface area contributed by atoms with E-state index in [0.29, 0.717) is 0 Å². The summed E-state index contributed by atoms with van der Waals surface area (Å²) >= 11 is 0. The Morgan fingerprint density at radius 3 is 2.12 bits per heavy atom. The Morgan fingerprint density at radius 1 is 0.917 bits per heavy atom. The van der Waals surface area contributed by atoms with Gasteiger partial charge in [-0.3, -0.25) is 0 Å². The van der Waals surface area contributed by atoms with Crippen LogP contribution in [0.2, 0.25) is 0 Å². The van der Waals surface area contributed by atoms with Gasteiger partial charge >= 0.3 is 0 Å². The molecule has 0 amide bonds. The fourth-order valence-corrected chi connectivity index (χ4v) is 4.00. The van der Waals surface area contributed by atoms with E-state index >= 15 is 0 Å². The van der Waals surface area contributed by atoms with E-state index < -0.39 is 6.10 Å². The summed E-state index contributed by atoms with van der Waals surface area (Å²) in [7, 11) is 0. The van der Waals surface area contributed by atoms with Gasteiger partial charge in [-0.2, -0.15) is 0 Å². The molecule has 2 nitrogen and oxygen atoms in total. The van der Waals surface area contributed by atoms with Gasteiger partial charge in [0.25, 0.3) is 0 Å². The molecule has 0 saturated carbocycles. The summed E-state index contributed by atoms with van der Waals surface area (Å²) in [4.78, 5) is 0. The normalized spacial score (nSPS) is 21.6. The molecule has 126 valence electrons. The van der Waals surface area contributed by atoms with Crippen LogP contribution in [0.5, 0.6) is 5.75 Å². The van der Waals surface area contributed by atoms with Crippen molar-refractivity contribution in [2.45, 2.75) is 51.6 Å². The van der Waals surface area contributed by atoms with Crippen LogP contribution in [0.25, 0.3) is 11.6 Å². The predicted molar refractivity (Wildman–Crippen MR) is 100 cm³/mol. The summed E-state index contributed by atoms with van der Waals surface area (Å²) in [6, 6.07) is 13.7. The van der Waals surface area contributed by atoms with E-state index in [2.05, 4.69) is 58.9 Å². The quantitative estimate of drug-likeness (QED) is 0.773. The Bertz CT molecular complexity index is 795. The lowest BCUT2D eigenvalue weighted by atomic mass is 9.78. The van der Waals surface area contributed by atoms with Crippen LogP contribution < -0.4 is 0 Å². The number of aliphatic hydroxyl groups is 1. The van der Waals surface area contributed by atoms with Gasteiger partial charge in [0.05, 0.1) is 6.10 Å². The topological polar surface area (TPSA) is 40.5 Å². The Morgan fingerprint density at radius 2 is 1.50 bits per heavy atom. The average molecular weight is 322 g/mol. The van der Waals surface area contributed by atoms with Crippen LogP contribution in [0.15, 0.2) is 42.5 Å². The van der Waals surface area contributed by atoms with Crippen molar-refractivity contribution in [3.8, 4) is 5.75 Å². The third-order valence-electron chi connectivity index (χ3n) is 5.50. The molecule has 0 aromatic heterocycles. The minimum Gasteiger partial charge on any atom is -0.508 e. The average Bonchev–Trinajstić information content (AvgIpc) is 2.66. The van der Waals surface area contributed by atoms with Crippen molar-refractivity contribution in [3.05, 3.63) is 64.7 Å². The van der Waals surface area contributed by atoms with Crippen LogP contribution in [0, 0.1) is 0 Å². The van der Waals surface area contributed by atoms with E-state index in [9.17, 15) is 10.2 Å². The lowest BCUT2D eigenvalue weighted by Gasteiger charge is -2.31. The molecule has 1 aliphatic carbocycles. The molecular formula is C22H26O2. The van der Waals surface area contributed by atoms with E-state index in [1.807, 2.05) is 12.1 Å². The fraction of sp³-hybridized carbons (Fsp3) is 0.364. The fourth-order valence-electron chi connectivity index (χ4n) is 4.00. The number of aliphatic hydroxyl groups excluding tert-OH is 1. The van der Waals surface area contributed by atoms with E-state index in [4.69, 9.17) is 0 Å². The molecule has 0 saturated heterocycles. The summed E-state index contributed by atoms with van der Waals surface area (Å²) in [5.41, 5.74) is 5.35. The smallest absolute Gasteiger partial charge is 0.115 e. The van der Waals surface area contributed by atoms with Gasteiger partial charge in [-0.1, -0.05) is 64.1 Å². The second-order valence-electron chi connectivity index (χ2n) is 8.03. The minimum atomic E-state index is -0.391. The second kappa shape index (κ2) is 5.49. The summed E-state index contributed by atoms with van der Waals surface area (Å²) < 4.78 is 0. The number of rotatable bonds is 2. The molecule has 2 aromatic carbocycles. The maximum atomic E-state index is 10.7.